The van der Waals surface area contributed by atoms with E-state index in [1.807, 2.05) is 0 Å². The van der Waals surface area contributed by atoms with Crippen LogP contribution in [0.25, 0.3) is 0 Å². The zero-order valence-corrected chi connectivity index (χ0v) is 13.4. The molecular formula is C17H20FN3O3. The molecule has 2 amide bonds. The van der Waals surface area contributed by atoms with Crippen LogP contribution in [0.2, 0.25) is 0 Å². The fourth-order valence-corrected chi connectivity index (χ4v) is 2.79. The van der Waals surface area contributed by atoms with Crippen LogP contribution < -0.4 is 10.6 Å². The van der Waals surface area contributed by atoms with E-state index in [0.717, 1.165) is 18.4 Å². The molecule has 1 aliphatic rings. The number of hydrogen-bond donors (Lipinski definition) is 2. The van der Waals surface area contributed by atoms with Crippen LogP contribution in [-0.2, 0) is 11.3 Å². The molecule has 0 saturated carbocycles. The second-order valence-corrected chi connectivity index (χ2v) is 5.84. The third-order valence-electron chi connectivity index (χ3n) is 3.96. The number of halogens is 1. The minimum absolute atomic E-state index is 0.115. The van der Waals surface area contributed by atoms with Crippen molar-refractivity contribution in [3.05, 3.63) is 53.2 Å². The Bertz CT molecular complexity index is 681. The maximum atomic E-state index is 13.2. The average molecular weight is 333 g/mol. The molecule has 1 aromatic heterocycles. The summed E-state index contributed by atoms with van der Waals surface area (Å²) >= 11 is 0. The largest absolute Gasteiger partial charge is 0.376 e. The van der Waals surface area contributed by atoms with Crippen molar-refractivity contribution in [2.75, 3.05) is 6.61 Å². The van der Waals surface area contributed by atoms with Gasteiger partial charge in [-0.05, 0) is 37.5 Å². The van der Waals surface area contributed by atoms with Gasteiger partial charge in [-0.3, -0.25) is 0 Å². The lowest BCUT2D eigenvalue weighted by atomic mass is 9.99. The summed E-state index contributed by atoms with van der Waals surface area (Å²) in [7, 11) is 0. The predicted molar refractivity (Wildman–Crippen MR) is 84.7 cm³/mol. The number of carbonyl (C=O) groups excluding carboxylic acids is 1. The molecule has 1 aromatic carbocycles. The van der Waals surface area contributed by atoms with Crippen LogP contribution in [0.3, 0.4) is 0 Å². The lowest BCUT2D eigenvalue weighted by Crippen LogP contribution is -2.42. The number of nitrogens with zero attached hydrogens (tertiary/aromatic N) is 1. The van der Waals surface area contributed by atoms with Crippen molar-refractivity contribution in [3.63, 3.8) is 0 Å². The van der Waals surface area contributed by atoms with Crippen molar-refractivity contribution in [1.29, 1.82) is 0 Å². The number of benzene rings is 1. The van der Waals surface area contributed by atoms with Gasteiger partial charge in [-0.15, -0.1) is 0 Å². The van der Waals surface area contributed by atoms with Gasteiger partial charge in [0.25, 0.3) is 0 Å². The molecule has 6 nitrogen and oxygen atoms in total. The first-order chi connectivity index (χ1) is 11.6. The summed E-state index contributed by atoms with van der Waals surface area (Å²) in [4.78, 5) is 12.2. The molecule has 2 unspecified atom stereocenters. The number of rotatable bonds is 5. The molecule has 0 bridgehead atoms. The molecule has 0 aliphatic carbocycles. The SMILES string of the molecule is Cc1cc(CNC(=O)NC(c2ccc(F)cc2)C2CCCO2)no1. The van der Waals surface area contributed by atoms with Crippen LogP contribution in [0.1, 0.15) is 35.9 Å². The maximum Gasteiger partial charge on any atom is 0.315 e. The van der Waals surface area contributed by atoms with E-state index in [0.29, 0.717) is 18.1 Å². The molecule has 0 spiro atoms. The Hall–Kier alpha value is -2.41. The lowest BCUT2D eigenvalue weighted by Gasteiger charge is -2.24. The minimum atomic E-state index is -0.333. The van der Waals surface area contributed by atoms with E-state index in [1.165, 1.54) is 12.1 Å². The van der Waals surface area contributed by atoms with E-state index in [1.54, 1.807) is 25.1 Å². The fourth-order valence-electron chi connectivity index (χ4n) is 2.79. The van der Waals surface area contributed by atoms with Gasteiger partial charge in [-0.25, -0.2) is 9.18 Å². The molecule has 2 heterocycles. The molecular weight excluding hydrogens is 313 g/mol. The van der Waals surface area contributed by atoms with Crippen molar-refractivity contribution < 1.29 is 18.4 Å². The Morgan fingerprint density at radius 3 is 2.83 bits per heavy atom. The molecule has 1 saturated heterocycles. The van der Waals surface area contributed by atoms with Gasteiger partial charge in [0.15, 0.2) is 0 Å². The van der Waals surface area contributed by atoms with Gasteiger partial charge < -0.3 is 19.9 Å². The number of aromatic nitrogens is 1. The third kappa shape index (κ3) is 4.11. The number of amides is 2. The average Bonchev–Trinajstić information content (AvgIpc) is 3.23. The monoisotopic (exact) mass is 333 g/mol. The fraction of sp³-hybridized carbons (Fsp3) is 0.412. The Labute approximate surface area is 139 Å². The first kappa shape index (κ1) is 16.4. The molecule has 3 rings (SSSR count). The topological polar surface area (TPSA) is 76.4 Å². The third-order valence-corrected chi connectivity index (χ3v) is 3.96. The van der Waals surface area contributed by atoms with Gasteiger partial charge in [0.2, 0.25) is 0 Å². The summed E-state index contributed by atoms with van der Waals surface area (Å²) in [6.45, 7) is 2.73. The van der Waals surface area contributed by atoms with Gasteiger partial charge in [0.1, 0.15) is 17.3 Å². The minimum Gasteiger partial charge on any atom is -0.376 e. The van der Waals surface area contributed by atoms with Gasteiger partial charge >= 0.3 is 6.03 Å². The van der Waals surface area contributed by atoms with E-state index in [4.69, 9.17) is 9.26 Å². The summed E-state index contributed by atoms with van der Waals surface area (Å²) < 4.78 is 23.8. The highest BCUT2D eigenvalue weighted by Gasteiger charge is 2.28. The first-order valence-electron chi connectivity index (χ1n) is 7.95. The Morgan fingerprint density at radius 1 is 1.42 bits per heavy atom. The van der Waals surface area contributed by atoms with Crippen molar-refractivity contribution in [2.24, 2.45) is 0 Å². The molecule has 1 fully saturated rings. The lowest BCUT2D eigenvalue weighted by molar-refractivity contribution is 0.0807. The Balaban J connectivity index is 1.64. The molecule has 1 aliphatic heterocycles. The molecule has 2 atom stereocenters. The van der Waals surface area contributed by atoms with Crippen molar-refractivity contribution in [1.82, 2.24) is 15.8 Å². The molecule has 24 heavy (non-hydrogen) atoms. The summed E-state index contributed by atoms with van der Waals surface area (Å²) in [6, 6.07) is 7.21. The van der Waals surface area contributed by atoms with Crippen LogP contribution in [-0.4, -0.2) is 23.9 Å². The predicted octanol–water partition coefficient (Wildman–Crippen LogP) is 2.84. The number of nitrogens with one attached hydrogen (secondary N) is 2. The van der Waals surface area contributed by atoms with E-state index in [2.05, 4.69) is 15.8 Å². The Kier molecular flexibility index (Phi) is 5.10. The van der Waals surface area contributed by atoms with Crippen LogP contribution in [0, 0.1) is 12.7 Å². The molecule has 128 valence electrons. The number of aryl methyl sites for hydroxylation is 1. The summed E-state index contributed by atoms with van der Waals surface area (Å²) in [5.41, 5.74) is 1.47. The second kappa shape index (κ2) is 7.44. The molecule has 2 N–H and O–H groups in total. The second-order valence-electron chi connectivity index (χ2n) is 5.84. The van der Waals surface area contributed by atoms with E-state index in [-0.39, 0.29) is 30.5 Å². The van der Waals surface area contributed by atoms with Crippen molar-refractivity contribution in [2.45, 2.75) is 38.5 Å². The summed E-state index contributed by atoms with van der Waals surface area (Å²) in [5, 5.41) is 9.49. The highest BCUT2D eigenvalue weighted by Crippen LogP contribution is 2.27. The summed E-state index contributed by atoms with van der Waals surface area (Å²) in [5.74, 6) is 0.381. The van der Waals surface area contributed by atoms with Crippen molar-refractivity contribution >= 4 is 6.03 Å². The maximum absolute atomic E-state index is 13.2. The summed E-state index contributed by atoms with van der Waals surface area (Å²) in [6.07, 6.45) is 1.69. The highest BCUT2D eigenvalue weighted by atomic mass is 19.1. The highest BCUT2D eigenvalue weighted by molar-refractivity contribution is 5.74. The van der Waals surface area contributed by atoms with Gasteiger partial charge in [-0.2, -0.15) is 0 Å². The molecule has 7 heteroatoms. The van der Waals surface area contributed by atoms with Crippen molar-refractivity contribution in [3.8, 4) is 0 Å². The van der Waals surface area contributed by atoms with Crippen LogP contribution in [0.4, 0.5) is 9.18 Å². The zero-order valence-electron chi connectivity index (χ0n) is 13.4. The van der Waals surface area contributed by atoms with E-state index >= 15 is 0 Å². The van der Waals surface area contributed by atoms with Gasteiger partial charge in [0.05, 0.1) is 18.7 Å². The van der Waals surface area contributed by atoms with Crippen LogP contribution in [0.15, 0.2) is 34.9 Å². The van der Waals surface area contributed by atoms with Crippen LogP contribution >= 0.6 is 0 Å². The standard InChI is InChI=1S/C17H20FN3O3/c1-11-9-14(21-24-11)10-19-17(22)20-16(15-3-2-8-23-15)12-4-6-13(18)7-5-12/h4-7,9,15-16H,2-3,8,10H2,1H3,(H2,19,20,22). The Morgan fingerprint density at radius 2 is 2.21 bits per heavy atom. The normalized spacial score (nSPS) is 18.3. The van der Waals surface area contributed by atoms with E-state index < -0.39 is 0 Å². The van der Waals surface area contributed by atoms with Gasteiger partial charge in [0, 0.05) is 12.7 Å². The van der Waals surface area contributed by atoms with Crippen LogP contribution in [0.5, 0.6) is 0 Å². The number of carbonyl (C=O) groups is 1. The zero-order chi connectivity index (χ0) is 16.9. The number of urea groups is 1. The number of hydrogen-bond acceptors (Lipinski definition) is 4. The smallest absolute Gasteiger partial charge is 0.315 e. The van der Waals surface area contributed by atoms with Gasteiger partial charge in [-0.1, -0.05) is 17.3 Å². The quantitative estimate of drug-likeness (QED) is 0.882. The molecule has 2 aromatic rings. The number of ether oxygens (including phenoxy) is 1. The first-order valence-corrected chi connectivity index (χ1v) is 7.95. The van der Waals surface area contributed by atoms with E-state index in [9.17, 15) is 9.18 Å². The molecule has 0 radical (unpaired) electrons.